The minimum atomic E-state index is -4.11. The molecule has 0 bridgehead atoms. The van der Waals surface area contributed by atoms with E-state index in [1.54, 1.807) is 0 Å². The lowest BCUT2D eigenvalue weighted by Crippen LogP contribution is -2.31. The lowest BCUT2D eigenvalue weighted by molar-refractivity contribution is -0.118. The van der Waals surface area contributed by atoms with E-state index in [1.165, 1.54) is 6.92 Å². The number of nitrogens with one attached hydrogen (secondary N) is 1. The average Bonchev–Trinajstić information content (AvgIpc) is 2.38. The van der Waals surface area contributed by atoms with Crippen molar-refractivity contribution in [1.82, 2.24) is 5.32 Å². The number of hydrogen-bond acceptors (Lipinski definition) is 4. The van der Waals surface area contributed by atoms with Crippen LogP contribution >= 0.6 is 0 Å². The minimum absolute atomic E-state index is 0.205. The number of halogens is 1. The number of carbonyl (C=O) groups is 2. The van der Waals surface area contributed by atoms with Gasteiger partial charge in [0.1, 0.15) is 11.6 Å². The second-order valence-electron chi connectivity index (χ2n) is 4.50. The number of rotatable bonds is 6. The lowest BCUT2D eigenvalue weighted by atomic mass is 10.1. The van der Waals surface area contributed by atoms with Crippen molar-refractivity contribution < 1.29 is 27.5 Å². The number of benzene rings is 1. The SMILES string of the molecule is CCCNC(=O)CS(=O)(=O)c1cc(C(=O)O)cc(F)c1C. The lowest BCUT2D eigenvalue weighted by Gasteiger charge is -2.10. The Morgan fingerprint density at radius 1 is 1.33 bits per heavy atom. The Labute approximate surface area is 121 Å². The standard InChI is InChI=1S/C13H16FNO5S/c1-3-4-15-12(16)7-21(19,20)11-6-9(13(17)18)5-10(14)8(11)2/h5-6H,3-4,7H2,1-2H3,(H,15,16)(H,17,18). The van der Waals surface area contributed by atoms with Crippen molar-refractivity contribution in [3.63, 3.8) is 0 Å². The van der Waals surface area contributed by atoms with Gasteiger partial charge in [0.25, 0.3) is 0 Å². The third-order valence-electron chi connectivity index (χ3n) is 2.77. The molecule has 116 valence electrons. The Hall–Kier alpha value is -1.96. The molecule has 1 rings (SSSR count). The molecule has 0 atom stereocenters. The van der Waals surface area contributed by atoms with E-state index < -0.39 is 43.7 Å². The van der Waals surface area contributed by atoms with E-state index in [9.17, 15) is 22.4 Å². The van der Waals surface area contributed by atoms with Crippen LogP contribution in [0.2, 0.25) is 0 Å². The molecule has 0 spiro atoms. The molecule has 0 aromatic heterocycles. The summed E-state index contributed by atoms with van der Waals surface area (Å²) >= 11 is 0. The molecule has 6 nitrogen and oxygen atoms in total. The van der Waals surface area contributed by atoms with Gasteiger partial charge in [0.05, 0.1) is 10.5 Å². The second-order valence-corrected chi connectivity index (χ2v) is 6.45. The van der Waals surface area contributed by atoms with E-state index in [0.717, 1.165) is 12.1 Å². The predicted molar refractivity (Wildman–Crippen MR) is 73.4 cm³/mol. The molecule has 0 aliphatic rings. The molecule has 0 unspecified atom stereocenters. The Morgan fingerprint density at radius 3 is 2.48 bits per heavy atom. The summed E-state index contributed by atoms with van der Waals surface area (Å²) in [6.45, 7) is 3.36. The normalized spacial score (nSPS) is 11.2. The number of hydrogen-bond donors (Lipinski definition) is 2. The van der Waals surface area contributed by atoms with Crippen LogP contribution in [0, 0.1) is 12.7 Å². The molecule has 0 aliphatic carbocycles. The maximum atomic E-state index is 13.6. The molecule has 0 saturated heterocycles. The smallest absolute Gasteiger partial charge is 0.335 e. The fraction of sp³-hybridized carbons (Fsp3) is 0.385. The van der Waals surface area contributed by atoms with E-state index >= 15 is 0 Å². The van der Waals surface area contributed by atoms with Gasteiger partial charge in [0.2, 0.25) is 5.91 Å². The molecule has 0 radical (unpaired) electrons. The van der Waals surface area contributed by atoms with Gasteiger partial charge in [-0.1, -0.05) is 6.92 Å². The highest BCUT2D eigenvalue weighted by molar-refractivity contribution is 7.92. The van der Waals surface area contributed by atoms with Crippen LogP contribution in [-0.4, -0.2) is 37.7 Å². The molecule has 1 amide bonds. The highest BCUT2D eigenvalue weighted by Crippen LogP contribution is 2.22. The summed E-state index contributed by atoms with van der Waals surface area (Å²) in [6.07, 6.45) is 0.647. The van der Waals surface area contributed by atoms with Gasteiger partial charge in [-0.25, -0.2) is 17.6 Å². The van der Waals surface area contributed by atoms with Gasteiger partial charge in [-0.15, -0.1) is 0 Å². The number of aromatic carboxylic acids is 1. The van der Waals surface area contributed by atoms with Crippen molar-refractivity contribution in [2.45, 2.75) is 25.2 Å². The van der Waals surface area contributed by atoms with Crippen molar-refractivity contribution in [1.29, 1.82) is 0 Å². The zero-order valence-electron chi connectivity index (χ0n) is 11.6. The molecular formula is C13H16FNO5S. The molecule has 0 aliphatic heterocycles. The fourth-order valence-corrected chi connectivity index (χ4v) is 3.14. The number of carboxylic acid groups (broad SMARTS) is 1. The molecule has 0 saturated carbocycles. The van der Waals surface area contributed by atoms with Crippen LogP contribution in [0.25, 0.3) is 0 Å². The van der Waals surface area contributed by atoms with Crippen molar-refractivity contribution in [3.05, 3.63) is 29.1 Å². The first kappa shape index (κ1) is 17.1. The Kier molecular flexibility index (Phi) is 5.42. The monoisotopic (exact) mass is 317 g/mol. The first-order chi connectivity index (χ1) is 9.69. The van der Waals surface area contributed by atoms with Gasteiger partial charge in [-0.3, -0.25) is 4.79 Å². The maximum absolute atomic E-state index is 13.6. The van der Waals surface area contributed by atoms with Crippen LogP contribution in [0.15, 0.2) is 17.0 Å². The zero-order chi connectivity index (χ0) is 16.2. The van der Waals surface area contributed by atoms with Crippen molar-refractivity contribution in [2.24, 2.45) is 0 Å². The summed E-state index contributed by atoms with van der Waals surface area (Å²) in [6, 6.07) is 1.61. The van der Waals surface area contributed by atoms with E-state index in [-0.39, 0.29) is 5.56 Å². The Balaban J connectivity index is 3.19. The first-order valence-corrected chi connectivity index (χ1v) is 7.87. The number of carboxylic acids is 1. The molecular weight excluding hydrogens is 301 g/mol. The minimum Gasteiger partial charge on any atom is -0.478 e. The summed E-state index contributed by atoms with van der Waals surface area (Å²) < 4.78 is 37.9. The molecule has 1 aromatic rings. The van der Waals surface area contributed by atoms with E-state index in [1.807, 2.05) is 6.92 Å². The van der Waals surface area contributed by atoms with Gasteiger partial charge in [-0.2, -0.15) is 0 Å². The fourth-order valence-electron chi connectivity index (χ4n) is 1.67. The van der Waals surface area contributed by atoms with Gasteiger partial charge >= 0.3 is 5.97 Å². The van der Waals surface area contributed by atoms with Crippen molar-refractivity contribution in [2.75, 3.05) is 12.3 Å². The van der Waals surface area contributed by atoms with Gasteiger partial charge in [-0.05, 0) is 25.5 Å². The average molecular weight is 317 g/mol. The molecule has 1 aromatic carbocycles. The Bertz CT molecular complexity index is 669. The van der Waals surface area contributed by atoms with Gasteiger partial charge in [0, 0.05) is 12.1 Å². The van der Waals surface area contributed by atoms with Crippen LogP contribution in [-0.2, 0) is 14.6 Å². The summed E-state index contributed by atoms with van der Waals surface area (Å²) in [5.74, 6) is -3.95. The summed E-state index contributed by atoms with van der Waals surface area (Å²) in [5, 5.41) is 11.2. The predicted octanol–water partition coefficient (Wildman–Crippen LogP) is 1.13. The largest absolute Gasteiger partial charge is 0.478 e. The number of sulfone groups is 1. The van der Waals surface area contributed by atoms with Crippen LogP contribution in [0.1, 0.15) is 29.3 Å². The zero-order valence-corrected chi connectivity index (χ0v) is 12.5. The molecule has 8 heteroatoms. The summed E-state index contributed by atoms with van der Waals surface area (Å²) in [4.78, 5) is 21.9. The third kappa shape index (κ3) is 4.25. The van der Waals surface area contributed by atoms with Crippen LogP contribution in [0.5, 0.6) is 0 Å². The summed E-state index contributed by atoms with van der Waals surface area (Å²) in [5.41, 5.74) is -0.686. The van der Waals surface area contributed by atoms with E-state index in [2.05, 4.69) is 5.32 Å². The topological polar surface area (TPSA) is 101 Å². The first-order valence-electron chi connectivity index (χ1n) is 6.22. The highest BCUT2D eigenvalue weighted by atomic mass is 32.2. The van der Waals surface area contributed by atoms with E-state index in [0.29, 0.717) is 13.0 Å². The van der Waals surface area contributed by atoms with Gasteiger partial charge in [0.15, 0.2) is 9.84 Å². The van der Waals surface area contributed by atoms with Crippen molar-refractivity contribution >= 4 is 21.7 Å². The summed E-state index contributed by atoms with van der Waals surface area (Å²) in [7, 11) is -4.11. The van der Waals surface area contributed by atoms with Crippen LogP contribution in [0.4, 0.5) is 4.39 Å². The molecule has 2 N–H and O–H groups in total. The number of carbonyl (C=O) groups excluding carboxylic acids is 1. The second kappa shape index (κ2) is 6.66. The Morgan fingerprint density at radius 2 is 1.95 bits per heavy atom. The van der Waals surface area contributed by atoms with Crippen LogP contribution < -0.4 is 5.32 Å². The van der Waals surface area contributed by atoms with Gasteiger partial charge < -0.3 is 10.4 Å². The quantitative estimate of drug-likeness (QED) is 0.819. The highest BCUT2D eigenvalue weighted by Gasteiger charge is 2.24. The number of amides is 1. The third-order valence-corrected chi connectivity index (χ3v) is 4.51. The van der Waals surface area contributed by atoms with Crippen LogP contribution in [0.3, 0.4) is 0 Å². The molecule has 21 heavy (non-hydrogen) atoms. The maximum Gasteiger partial charge on any atom is 0.335 e. The molecule has 0 fully saturated rings. The van der Waals surface area contributed by atoms with Crippen molar-refractivity contribution in [3.8, 4) is 0 Å². The van der Waals surface area contributed by atoms with E-state index in [4.69, 9.17) is 5.11 Å². The molecule has 0 heterocycles.